The van der Waals surface area contributed by atoms with E-state index >= 15 is 0 Å². The number of benzene rings is 2. The predicted octanol–water partition coefficient (Wildman–Crippen LogP) is 4.69. The first-order valence-corrected chi connectivity index (χ1v) is 9.67. The third-order valence-corrected chi connectivity index (χ3v) is 5.87. The smallest absolute Gasteiger partial charge is 0.271 e. The Balaban J connectivity index is 1.74. The minimum Gasteiger partial charge on any atom is -0.328 e. The SMILES string of the molecule is O=c1[nH]sc2c1c(=O)c1cc(F)c(C=Cc3ccc(F)cc3)cc1n2C1CC1. The highest BCUT2D eigenvalue weighted by Gasteiger charge is 2.29. The highest BCUT2D eigenvalue weighted by Crippen LogP contribution is 2.40. The summed E-state index contributed by atoms with van der Waals surface area (Å²) in [5, 5.41) is 0.304. The van der Waals surface area contributed by atoms with Crippen LogP contribution in [0.3, 0.4) is 0 Å². The highest BCUT2D eigenvalue weighted by molar-refractivity contribution is 7.12. The Kier molecular flexibility index (Phi) is 3.80. The maximum Gasteiger partial charge on any atom is 0.271 e. The van der Waals surface area contributed by atoms with Gasteiger partial charge in [-0.05, 0) is 54.2 Å². The zero-order valence-electron chi connectivity index (χ0n) is 14.5. The number of nitrogens with zero attached hydrogens (tertiary/aromatic N) is 1. The van der Waals surface area contributed by atoms with Gasteiger partial charge in [0.15, 0.2) is 0 Å². The van der Waals surface area contributed by atoms with Crippen molar-refractivity contribution >= 4 is 44.8 Å². The molecule has 7 heteroatoms. The molecule has 4 aromatic rings. The van der Waals surface area contributed by atoms with E-state index in [9.17, 15) is 18.4 Å². The van der Waals surface area contributed by atoms with Gasteiger partial charge in [-0.25, -0.2) is 8.78 Å². The molecule has 2 heterocycles. The molecule has 0 saturated heterocycles. The molecule has 28 heavy (non-hydrogen) atoms. The highest BCUT2D eigenvalue weighted by atomic mass is 32.1. The van der Waals surface area contributed by atoms with Crippen LogP contribution in [0.5, 0.6) is 0 Å². The summed E-state index contributed by atoms with van der Waals surface area (Å²) in [5.41, 5.74) is 0.808. The van der Waals surface area contributed by atoms with Crippen molar-refractivity contribution < 1.29 is 8.78 Å². The Morgan fingerprint density at radius 3 is 2.54 bits per heavy atom. The second-order valence-electron chi connectivity index (χ2n) is 6.92. The van der Waals surface area contributed by atoms with Crippen LogP contribution in [0.2, 0.25) is 0 Å². The minimum atomic E-state index is -0.545. The van der Waals surface area contributed by atoms with Crippen LogP contribution >= 0.6 is 11.5 Å². The maximum atomic E-state index is 14.7. The Bertz CT molecular complexity index is 1380. The van der Waals surface area contributed by atoms with Crippen LogP contribution in [0.4, 0.5) is 8.78 Å². The molecule has 0 atom stereocenters. The molecule has 0 bridgehead atoms. The molecule has 1 saturated carbocycles. The van der Waals surface area contributed by atoms with Gasteiger partial charge in [-0.3, -0.25) is 14.0 Å². The summed E-state index contributed by atoms with van der Waals surface area (Å²) in [6, 6.07) is 8.94. The van der Waals surface area contributed by atoms with E-state index in [1.807, 2.05) is 4.57 Å². The molecule has 0 amide bonds. The van der Waals surface area contributed by atoms with E-state index in [-0.39, 0.29) is 22.6 Å². The first-order chi connectivity index (χ1) is 13.5. The van der Waals surface area contributed by atoms with Gasteiger partial charge in [-0.1, -0.05) is 24.3 Å². The second kappa shape index (κ2) is 6.24. The van der Waals surface area contributed by atoms with E-state index in [1.165, 1.54) is 18.2 Å². The summed E-state index contributed by atoms with van der Waals surface area (Å²) >= 11 is 1.14. The van der Waals surface area contributed by atoms with Crippen molar-refractivity contribution in [3.05, 3.63) is 79.7 Å². The van der Waals surface area contributed by atoms with Crippen LogP contribution in [0.25, 0.3) is 33.3 Å². The van der Waals surface area contributed by atoms with Crippen LogP contribution in [0, 0.1) is 11.6 Å². The Hall–Kier alpha value is -3.06. The van der Waals surface area contributed by atoms with Crippen LogP contribution < -0.4 is 11.0 Å². The van der Waals surface area contributed by atoms with Crippen molar-refractivity contribution in [1.82, 2.24) is 8.94 Å². The maximum absolute atomic E-state index is 14.7. The van der Waals surface area contributed by atoms with E-state index < -0.39 is 16.8 Å². The minimum absolute atomic E-state index is 0.0957. The molecular weight excluding hydrogens is 382 g/mol. The third kappa shape index (κ3) is 2.70. The van der Waals surface area contributed by atoms with Crippen molar-refractivity contribution in [3.63, 3.8) is 0 Å². The van der Waals surface area contributed by atoms with Gasteiger partial charge in [0.1, 0.15) is 21.9 Å². The van der Waals surface area contributed by atoms with E-state index in [1.54, 1.807) is 30.4 Å². The summed E-state index contributed by atoms with van der Waals surface area (Å²) in [7, 11) is 0. The number of fused-ring (bicyclic) bond motifs is 2. The van der Waals surface area contributed by atoms with Crippen LogP contribution in [-0.2, 0) is 0 Å². The molecule has 0 unspecified atom stereocenters. The molecule has 0 spiro atoms. The summed E-state index contributed by atoms with van der Waals surface area (Å²) in [6.07, 6.45) is 5.21. The molecule has 0 aliphatic heterocycles. The number of H-pyrrole nitrogens is 1. The van der Waals surface area contributed by atoms with Gasteiger partial charge in [0.05, 0.1) is 5.52 Å². The van der Waals surface area contributed by atoms with Crippen molar-refractivity contribution in [1.29, 1.82) is 0 Å². The molecule has 0 radical (unpaired) electrons. The number of aromatic nitrogens is 2. The number of hydrogen-bond acceptors (Lipinski definition) is 3. The molecule has 2 aromatic heterocycles. The lowest BCUT2D eigenvalue weighted by Gasteiger charge is -2.12. The fourth-order valence-electron chi connectivity index (χ4n) is 3.45. The Morgan fingerprint density at radius 2 is 1.82 bits per heavy atom. The van der Waals surface area contributed by atoms with Crippen LogP contribution in [-0.4, -0.2) is 8.94 Å². The zero-order valence-corrected chi connectivity index (χ0v) is 15.4. The lowest BCUT2D eigenvalue weighted by molar-refractivity contribution is 0.626. The number of rotatable bonds is 3. The first kappa shape index (κ1) is 17.1. The molecule has 2 aromatic carbocycles. The summed E-state index contributed by atoms with van der Waals surface area (Å²) in [4.78, 5) is 25.5. The average Bonchev–Trinajstić information content (AvgIpc) is 3.44. The Labute approximate surface area is 161 Å². The zero-order chi connectivity index (χ0) is 19.4. The summed E-state index contributed by atoms with van der Waals surface area (Å²) in [5.74, 6) is -0.881. The molecule has 140 valence electrons. The van der Waals surface area contributed by atoms with Crippen molar-refractivity contribution in [2.45, 2.75) is 18.9 Å². The molecule has 1 aliphatic carbocycles. The molecular formula is C21H14F2N2O2S. The van der Waals surface area contributed by atoms with Gasteiger partial charge >= 0.3 is 0 Å². The van der Waals surface area contributed by atoms with E-state index in [2.05, 4.69) is 4.37 Å². The molecule has 1 aliphatic rings. The average molecular weight is 396 g/mol. The predicted molar refractivity (Wildman–Crippen MR) is 108 cm³/mol. The third-order valence-electron chi connectivity index (χ3n) is 4.98. The van der Waals surface area contributed by atoms with Crippen LogP contribution in [0.1, 0.15) is 30.0 Å². The second-order valence-corrected chi connectivity index (χ2v) is 7.71. The van der Waals surface area contributed by atoms with Gasteiger partial charge in [-0.15, -0.1) is 0 Å². The molecule has 1 fully saturated rings. The van der Waals surface area contributed by atoms with E-state index in [0.717, 1.165) is 29.9 Å². The topological polar surface area (TPSA) is 54.9 Å². The van der Waals surface area contributed by atoms with Gasteiger partial charge in [-0.2, -0.15) is 0 Å². The molecule has 4 nitrogen and oxygen atoms in total. The van der Waals surface area contributed by atoms with Crippen molar-refractivity contribution in [3.8, 4) is 0 Å². The number of hydrogen-bond donors (Lipinski definition) is 1. The number of nitrogens with one attached hydrogen (secondary N) is 1. The van der Waals surface area contributed by atoms with Crippen LogP contribution in [0.15, 0.2) is 46.0 Å². The van der Waals surface area contributed by atoms with Gasteiger partial charge in [0.25, 0.3) is 5.56 Å². The van der Waals surface area contributed by atoms with E-state index in [0.29, 0.717) is 15.9 Å². The molecule has 5 rings (SSSR count). The van der Waals surface area contributed by atoms with E-state index in [4.69, 9.17) is 0 Å². The van der Waals surface area contributed by atoms with Gasteiger partial charge in [0, 0.05) is 17.0 Å². The number of halogens is 2. The fraction of sp³-hybridized carbons (Fsp3) is 0.143. The Morgan fingerprint density at radius 1 is 1.07 bits per heavy atom. The molecule has 1 N–H and O–H groups in total. The lowest BCUT2D eigenvalue weighted by Crippen LogP contribution is -2.15. The van der Waals surface area contributed by atoms with Gasteiger partial charge < -0.3 is 4.57 Å². The first-order valence-electron chi connectivity index (χ1n) is 8.85. The van der Waals surface area contributed by atoms with Crippen molar-refractivity contribution in [2.75, 3.05) is 0 Å². The normalized spacial score (nSPS) is 14.5. The lowest BCUT2D eigenvalue weighted by atomic mass is 10.1. The largest absolute Gasteiger partial charge is 0.328 e. The standard InChI is InChI=1S/C21H14F2N2O2S/c22-13-5-2-11(3-6-13)1-4-12-9-17-15(10-16(12)23)19(26)18-20(27)24-28-21(18)25(17)14-7-8-14/h1-6,9-10,14H,7-8H2,(H,24,27). The van der Waals surface area contributed by atoms with Crippen molar-refractivity contribution in [2.24, 2.45) is 0 Å². The summed E-state index contributed by atoms with van der Waals surface area (Å²) < 4.78 is 32.3. The number of pyridine rings is 1. The quantitative estimate of drug-likeness (QED) is 0.511. The number of aromatic amines is 1. The monoisotopic (exact) mass is 396 g/mol. The van der Waals surface area contributed by atoms with Gasteiger partial charge in [0.2, 0.25) is 5.43 Å². The fourth-order valence-corrected chi connectivity index (χ4v) is 4.37. The summed E-state index contributed by atoms with van der Waals surface area (Å²) in [6.45, 7) is 0.